The number of amides is 1. The maximum absolute atomic E-state index is 12.9. The zero-order valence-electron chi connectivity index (χ0n) is 16.9. The van der Waals surface area contributed by atoms with E-state index in [9.17, 15) is 26.4 Å². The van der Waals surface area contributed by atoms with Crippen LogP contribution in [0.25, 0.3) is 5.57 Å². The minimum absolute atomic E-state index is 0.0203. The highest BCUT2D eigenvalue weighted by molar-refractivity contribution is 7.90. The third-order valence-corrected chi connectivity index (χ3v) is 5.28. The van der Waals surface area contributed by atoms with Crippen LogP contribution in [0.1, 0.15) is 22.9 Å². The molecule has 0 radical (unpaired) electrons. The fourth-order valence-corrected chi connectivity index (χ4v) is 3.51. The van der Waals surface area contributed by atoms with E-state index in [1.54, 1.807) is 6.92 Å². The molecular formula is C20H23F3N4O3S. The number of rotatable bonds is 5. The molecule has 2 heterocycles. The summed E-state index contributed by atoms with van der Waals surface area (Å²) < 4.78 is 61.9. The van der Waals surface area contributed by atoms with Gasteiger partial charge in [-0.3, -0.25) is 9.78 Å². The van der Waals surface area contributed by atoms with Gasteiger partial charge in [0.25, 0.3) is 5.91 Å². The lowest BCUT2D eigenvalue weighted by molar-refractivity contribution is -0.117. The van der Waals surface area contributed by atoms with Crippen molar-refractivity contribution >= 4 is 21.3 Å². The monoisotopic (exact) mass is 456 g/mol. The van der Waals surface area contributed by atoms with E-state index in [0.29, 0.717) is 11.1 Å². The van der Waals surface area contributed by atoms with Crippen LogP contribution in [0.15, 0.2) is 53.7 Å². The van der Waals surface area contributed by atoms with Crippen molar-refractivity contribution in [2.24, 2.45) is 5.73 Å². The number of alkyl halides is 3. The zero-order valence-corrected chi connectivity index (χ0v) is 17.7. The predicted molar refractivity (Wildman–Crippen MR) is 110 cm³/mol. The first-order valence-corrected chi connectivity index (χ1v) is 11.1. The summed E-state index contributed by atoms with van der Waals surface area (Å²) >= 11 is 0. The Labute approximate surface area is 178 Å². The van der Waals surface area contributed by atoms with Gasteiger partial charge in [-0.15, -0.1) is 0 Å². The molecule has 1 unspecified atom stereocenters. The van der Waals surface area contributed by atoms with E-state index in [0.717, 1.165) is 12.5 Å². The summed E-state index contributed by atoms with van der Waals surface area (Å²) in [7, 11) is -3.44. The van der Waals surface area contributed by atoms with Gasteiger partial charge in [-0.05, 0) is 30.2 Å². The van der Waals surface area contributed by atoms with Gasteiger partial charge in [-0.1, -0.05) is 18.2 Å². The van der Waals surface area contributed by atoms with Crippen LogP contribution in [0, 0.1) is 6.92 Å². The molecule has 1 aromatic carbocycles. The molecule has 11 heteroatoms. The van der Waals surface area contributed by atoms with Gasteiger partial charge in [0, 0.05) is 43.4 Å². The number of halogens is 3. The lowest BCUT2D eigenvalue weighted by Crippen LogP contribution is -2.35. The maximum Gasteiger partial charge on any atom is 0.410 e. The van der Waals surface area contributed by atoms with Gasteiger partial charge in [0.2, 0.25) is 0 Å². The molecule has 168 valence electrons. The van der Waals surface area contributed by atoms with Crippen molar-refractivity contribution in [1.82, 2.24) is 15.6 Å². The van der Waals surface area contributed by atoms with E-state index in [1.807, 2.05) is 0 Å². The van der Waals surface area contributed by atoms with E-state index in [1.165, 1.54) is 49.6 Å². The van der Waals surface area contributed by atoms with Gasteiger partial charge in [-0.2, -0.15) is 13.2 Å². The van der Waals surface area contributed by atoms with Gasteiger partial charge in [0.1, 0.15) is 6.17 Å². The Hall–Kier alpha value is -2.76. The number of hydrogen-bond acceptors (Lipinski definition) is 6. The van der Waals surface area contributed by atoms with Gasteiger partial charge >= 0.3 is 6.18 Å². The van der Waals surface area contributed by atoms with Gasteiger partial charge in [-0.25, -0.2) is 8.42 Å². The molecular weight excluding hydrogens is 433 g/mol. The molecule has 1 aromatic heterocycles. The van der Waals surface area contributed by atoms with Crippen molar-refractivity contribution in [2.75, 3.05) is 19.3 Å². The minimum atomic E-state index is -4.72. The largest absolute Gasteiger partial charge is 0.410 e. The number of allylic oxidation sites excluding steroid dienone is 1. The predicted octanol–water partition coefficient (Wildman–Crippen LogP) is 2.10. The molecule has 0 spiro atoms. The fourth-order valence-electron chi connectivity index (χ4n) is 2.55. The van der Waals surface area contributed by atoms with Crippen molar-refractivity contribution < 1.29 is 26.4 Å². The highest BCUT2D eigenvalue weighted by atomic mass is 32.2. The Bertz CT molecular complexity index is 1050. The number of hydrogen-bond donors (Lipinski definition) is 3. The number of carbonyl (C=O) groups excluding carboxylic acids is 1. The Morgan fingerprint density at radius 1 is 1.29 bits per heavy atom. The number of nitrogens with two attached hydrogens (primary N) is 1. The van der Waals surface area contributed by atoms with Crippen molar-refractivity contribution in [3.63, 3.8) is 0 Å². The van der Waals surface area contributed by atoms with Gasteiger partial charge in [0.05, 0.1) is 10.5 Å². The molecule has 0 saturated carbocycles. The summed E-state index contributed by atoms with van der Waals surface area (Å²) in [5.41, 5.74) is 5.99. The number of nitrogens with zero attached hydrogens (tertiary/aromatic N) is 1. The summed E-state index contributed by atoms with van der Waals surface area (Å²) in [6, 6.07) is 6.91. The number of aromatic nitrogens is 1. The van der Waals surface area contributed by atoms with Crippen LogP contribution in [0.5, 0.6) is 0 Å². The molecule has 7 nitrogen and oxygen atoms in total. The molecule has 1 saturated heterocycles. The Morgan fingerprint density at radius 3 is 2.39 bits per heavy atom. The average molecular weight is 456 g/mol. The molecule has 3 rings (SSSR count). The second-order valence-electron chi connectivity index (χ2n) is 6.84. The van der Waals surface area contributed by atoms with Crippen LogP contribution in [0.3, 0.4) is 0 Å². The van der Waals surface area contributed by atoms with Crippen LogP contribution in [0.4, 0.5) is 13.2 Å². The third-order valence-electron chi connectivity index (χ3n) is 4.02. The molecule has 4 N–H and O–H groups in total. The number of benzene rings is 1. The van der Waals surface area contributed by atoms with Crippen molar-refractivity contribution in [3.8, 4) is 0 Å². The van der Waals surface area contributed by atoms with Gasteiger partial charge in [0.15, 0.2) is 9.84 Å². The molecule has 31 heavy (non-hydrogen) atoms. The summed E-state index contributed by atoms with van der Waals surface area (Å²) in [5.74, 6) is -1.04. The second-order valence-corrected chi connectivity index (χ2v) is 8.82. The molecule has 1 aliphatic heterocycles. The SMILES string of the molecule is C1CN1.Cc1cc(C(N)NC(=O)C(=CC(F)(F)F)c2cccnc2)ccc1S(C)(=O)=O. The van der Waals surface area contributed by atoms with Gasteiger partial charge < -0.3 is 16.4 Å². The fraction of sp³-hybridized carbons (Fsp3) is 0.300. The highest BCUT2D eigenvalue weighted by Gasteiger charge is 2.28. The minimum Gasteiger partial charge on any atom is -0.333 e. The molecule has 1 atom stereocenters. The Kier molecular flexibility index (Phi) is 7.93. The summed E-state index contributed by atoms with van der Waals surface area (Å²) in [4.78, 5) is 16.3. The number of aryl methyl sites for hydroxylation is 1. The van der Waals surface area contributed by atoms with Crippen LogP contribution in [0.2, 0.25) is 0 Å². The number of sulfone groups is 1. The molecule has 1 aliphatic rings. The Balaban J connectivity index is 0.00000104. The van der Waals surface area contributed by atoms with E-state index in [-0.39, 0.29) is 16.5 Å². The number of carbonyl (C=O) groups is 1. The van der Waals surface area contributed by atoms with E-state index < -0.39 is 33.7 Å². The molecule has 2 aromatic rings. The zero-order chi connectivity index (χ0) is 23.2. The first-order chi connectivity index (χ1) is 14.4. The normalized spacial score (nSPS) is 14.8. The van der Waals surface area contributed by atoms with E-state index in [2.05, 4.69) is 15.6 Å². The second kappa shape index (κ2) is 10.0. The molecule has 0 bridgehead atoms. The van der Waals surface area contributed by atoms with Crippen molar-refractivity contribution in [3.05, 3.63) is 65.5 Å². The lowest BCUT2D eigenvalue weighted by Gasteiger charge is -2.17. The number of nitrogens with one attached hydrogen (secondary N) is 2. The van der Waals surface area contributed by atoms with Crippen molar-refractivity contribution in [1.29, 1.82) is 0 Å². The quantitative estimate of drug-likeness (QED) is 0.360. The van der Waals surface area contributed by atoms with Crippen LogP contribution in [-0.4, -0.2) is 44.8 Å². The first kappa shape index (κ1) is 24.5. The Morgan fingerprint density at radius 2 is 1.94 bits per heavy atom. The maximum atomic E-state index is 12.9. The van der Waals surface area contributed by atoms with Crippen LogP contribution in [-0.2, 0) is 14.6 Å². The third kappa shape index (κ3) is 8.12. The summed E-state index contributed by atoms with van der Waals surface area (Å²) in [5, 5.41) is 5.30. The van der Waals surface area contributed by atoms with E-state index >= 15 is 0 Å². The first-order valence-electron chi connectivity index (χ1n) is 9.16. The average Bonchev–Trinajstić information content (AvgIpc) is 3.54. The topological polar surface area (TPSA) is 124 Å². The highest BCUT2D eigenvalue weighted by Crippen LogP contribution is 2.25. The number of pyridine rings is 1. The standard InChI is InChI=1S/C18H18F3N3O3S.C2H5N/c1-11-8-12(5-6-15(11)28(2,26)27)16(22)24-17(25)14(9-18(19,20)21)13-4-3-7-23-10-13;1-2-3-1/h3-10,16H,22H2,1-2H3,(H,24,25);3H,1-2H2. The van der Waals surface area contributed by atoms with E-state index in [4.69, 9.17) is 5.73 Å². The summed E-state index contributed by atoms with van der Waals surface area (Å²) in [6.45, 7) is 4.05. The molecule has 1 amide bonds. The van der Waals surface area contributed by atoms with Crippen molar-refractivity contribution in [2.45, 2.75) is 24.2 Å². The van der Waals surface area contributed by atoms with Crippen LogP contribution >= 0.6 is 0 Å². The van der Waals surface area contributed by atoms with Crippen LogP contribution < -0.4 is 16.4 Å². The summed E-state index contributed by atoms with van der Waals surface area (Å²) in [6.07, 6.45) is -2.44. The molecule has 0 aliphatic carbocycles. The molecule has 1 fully saturated rings. The smallest absolute Gasteiger partial charge is 0.333 e. The lowest BCUT2D eigenvalue weighted by atomic mass is 10.1.